The number of carbonyl (C=O) groups excluding carboxylic acids is 4. The van der Waals surface area contributed by atoms with E-state index < -0.39 is 36.2 Å². The molecule has 0 aliphatic rings. The van der Waals surface area contributed by atoms with Crippen LogP contribution in [-0.2, 0) is 35.0 Å². The van der Waals surface area contributed by atoms with Gasteiger partial charge in [0.25, 0.3) is 0 Å². The van der Waals surface area contributed by atoms with Crippen molar-refractivity contribution in [1.29, 1.82) is 0 Å². The number of hydrogen-bond acceptors (Lipinski definition) is 10. The Morgan fingerprint density at radius 1 is 0.842 bits per heavy atom. The second-order valence-electron chi connectivity index (χ2n) is 10.1. The minimum Gasteiger partial charge on any atom is -0.458 e. The monoisotopic (exact) mass is 537 g/mol. The van der Waals surface area contributed by atoms with Gasteiger partial charge >= 0.3 is 24.1 Å². The zero-order chi connectivity index (χ0) is 28.7. The summed E-state index contributed by atoms with van der Waals surface area (Å²) in [6.07, 6.45) is 0.929. The molecule has 1 aromatic carbocycles. The van der Waals surface area contributed by atoms with Crippen molar-refractivity contribution in [3.63, 3.8) is 0 Å². The van der Waals surface area contributed by atoms with Gasteiger partial charge in [-0.25, -0.2) is 4.79 Å². The maximum atomic E-state index is 12.5. The number of esters is 3. The molecule has 0 aliphatic heterocycles. The number of rotatable bonds is 16. The molecule has 0 radical (unpaired) electrons. The number of nitrogens with two attached hydrogens (primary N) is 1. The molecular weight excluding hydrogens is 494 g/mol. The molecule has 0 unspecified atom stereocenters. The minimum atomic E-state index is -1.03. The average molecular weight is 538 g/mol. The van der Waals surface area contributed by atoms with E-state index in [2.05, 4.69) is 0 Å². The first kappa shape index (κ1) is 32.9. The van der Waals surface area contributed by atoms with Crippen molar-refractivity contribution in [1.82, 2.24) is 0 Å². The lowest BCUT2D eigenvalue weighted by Gasteiger charge is -2.17. The molecule has 214 valence electrons. The Hall–Kier alpha value is -3.14. The van der Waals surface area contributed by atoms with Crippen LogP contribution >= 0.6 is 0 Å². The van der Waals surface area contributed by atoms with Crippen molar-refractivity contribution in [2.24, 2.45) is 17.6 Å². The number of ether oxygens (including phenoxy) is 5. The molecular formula is C28H43NO9. The summed E-state index contributed by atoms with van der Waals surface area (Å²) in [7, 11) is 0. The Morgan fingerprint density at radius 2 is 1.42 bits per heavy atom. The van der Waals surface area contributed by atoms with Crippen LogP contribution in [0.4, 0.5) is 4.79 Å². The fourth-order valence-corrected chi connectivity index (χ4v) is 3.07. The summed E-state index contributed by atoms with van der Waals surface area (Å²) in [5, 5.41) is 0. The lowest BCUT2D eigenvalue weighted by molar-refractivity contribution is -0.152. The zero-order valence-electron chi connectivity index (χ0n) is 23.4. The van der Waals surface area contributed by atoms with E-state index in [9.17, 15) is 19.2 Å². The van der Waals surface area contributed by atoms with E-state index in [0.717, 1.165) is 0 Å². The normalized spacial score (nSPS) is 12.6. The van der Waals surface area contributed by atoms with Gasteiger partial charge in [0.05, 0.1) is 6.61 Å². The summed E-state index contributed by atoms with van der Waals surface area (Å²) in [6, 6.07) is 3.65. The number of carbonyl (C=O) groups is 4. The molecule has 10 heteroatoms. The van der Waals surface area contributed by atoms with Crippen LogP contribution in [0.25, 0.3) is 0 Å². The third-order valence-electron chi connectivity index (χ3n) is 5.24. The molecule has 0 heterocycles. The summed E-state index contributed by atoms with van der Waals surface area (Å²) in [4.78, 5) is 48.6. The number of hydrogen-bond donors (Lipinski definition) is 1. The van der Waals surface area contributed by atoms with Gasteiger partial charge in [0, 0.05) is 12.8 Å². The van der Waals surface area contributed by atoms with Gasteiger partial charge in [0.1, 0.15) is 18.8 Å². The van der Waals surface area contributed by atoms with Crippen LogP contribution in [0.15, 0.2) is 18.2 Å². The van der Waals surface area contributed by atoms with Gasteiger partial charge in [-0.1, -0.05) is 40.7 Å². The van der Waals surface area contributed by atoms with Gasteiger partial charge in [-0.3, -0.25) is 14.4 Å². The van der Waals surface area contributed by atoms with Crippen molar-refractivity contribution in [3.05, 3.63) is 23.8 Å². The van der Waals surface area contributed by atoms with E-state index in [4.69, 9.17) is 29.4 Å². The molecule has 0 amide bonds. The quantitative estimate of drug-likeness (QED) is 0.232. The van der Waals surface area contributed by atoms with Crippen LogP contribution in [0.2, 0.25) is 0 Å². The summed E-state index contributed by atoms with van der Waals surface area (Å²) in [5.74, 6) is -0.710. The van der Waals surface area contributed by atoms with E-state index in [1.807, 2.05) is 34.6 Å². The predicted molar refractivity (Wildman–Crippen MR) is 141 cm³/mol. The molecule has 1 aromatic rings. The van der Waals surface area contributed by atoms with Gasteiger partial charge in [-0.05, 0) is 62.1 Å². The Labute approximate surface area is 225 Å². The molecule has 0 saturated carbocycles. The van der Waals surface area contributed by atoms with E-state index in [-0.39, 0.29) is 44.0 Å². The minimum absolute atomic E-state index is 0.0725. The van der Waals surface area contributed by atoms with Crippen molar-refractivity contribution in [2.75, 3.05) is 13.2 Å². The highest BCUT2D eigenvalue weighted by atomic mass is 16.7. The van der Waals surface area contributed by atoms with Crippen molar-refractivity contribution >= 4 is 24.1 Å². The van der Waals surface area contributed by atoms with Gasteiger partial charge < -0.3 is 29.4 Å². The molecule has 10 nitrogen and oxygen atoms in total. The third kappa shape index (κ3) is 14.0. The highest BCUT2D eigenvalue weighted by molar-refractivity contribution is 5.77. The van der Waals surface area contributed by atoms with Gasteiger partial charge in [0.15, 0.2) is 11.5 Å². The summed E-state index contributed by atoms with van der Waals surface area (Å²) < 4.78 is 25.9. The van der Waals surface area contributed by atoms with Crippen LogP contribution in [0, 0.1) is 11.8 Å². The molecule has 0 aliphatic carbocycles. The molecule has 0 bridgehead atoms. The van der Waals surface area contributed by atoms with Crippen LogP contribution in [-0.4, -0.2) is 49.4 Å². The van der Waals surface area contributed by atoms with E-state index in [1.54, 1.807) is 13.0 Å². The molecule has 2 atom stereocenters. The zero-order valence-corrected chi connectivity index (χ0v) is 23.4. The first-order chi connectivity index (χ1) is 17.9. The first-order valence-electron chi connectivity index (χ1n) is 13.2. The van der Waals surface area contributed by atoms with Crippen molar-refractivity contribution < 1.29 is 42.9 Å². The lowest BCUT2D eigenvalue weighted by Crippen LogP contribution is -2.37. The van der Waals surface area contributed by atoms with Crippen LogP contribution in [0.1, 0.15) is 79.2 Å². The van der Waals surface area contributed by atoms with Gasteiger partial charge in [-0.2, -0.15) is 0 Å². The Kier molecular flexibility index (Phi) is 15.0. The molecule has 0 spiro atoms. The smallest absolute Gasteiger partial charge is 0.458 e. The fourth-order valence-electron chi connectivity index (χ4n) is 3.07. The van der Waals surface area contributed by atoms with E-state index in [1.165, 1.54) is 12.1 Å². The Bertz CT molecular complexity index is 914. The standard InChI is InChI=1S/C28H43NO9/c1-7-14-34-28(33)35-17-20(6)36-27(32)22(29)15-21-10-11-23(37-25(30)12-8-18(2)3)24(16-21)38-26(31)13-9-19(4)5/h10-11,16,18-20,22H,7-9,12-15,17,29H2,1-6H3/t20-,22-/m0/s1. The topological polar surface area (TPSA) is 140 Å². The van der Waals surface area contributed by atoms with E-state index in [0.29, 0.717) is 36.7 Å². The van der Waals surface area contributed by atoms with Gasteiger partial charge in [-0.15, -0.1) is 0 Å². The van der Waals surface area contributed by atoms with E-state index >= 15 is 0 Å². The molecule has 0 aromatic heterocycles. The molecule has 1 rings (SSSR count). The molecule has 38 heavy (non-hydrogen) atoms. The third-order valence-corrected chi connectivity index (χ3v) is 5.24. The summed E-state index contributed by atoms with van der Waals surface area (Å²) >= 11 is 0. The Morgan fingerprint density at radius 3 is 1.97 bits per heavy atom. The van der Waals surface area contributed by atoms with Crippen molar-refractivity contribution in [3.8, 4) is 11.5 Å². The maximum Gasteiger partial charge on any atom is 0.508 e. The largest absolute Gasteiger partial charge is 0.508 e. The van der Waals surface area contributed by atoms with Gasteiger partial charge in [0.2, 0.25) is 0 Å². The highest BCUT2D eigenvalue weighted by Gasteiger charge is 2.22. The predicted octanol–water partition coefficient (Wildman–Crippen LogP) is 4.73. The maximum absolute atomic E-state index is 12.5. The average Bonchev–Trinajstić information content (AvgIpc) is 2.85. The number of benzene rings is 1. The van der Waals surface area contributed by atoms with Crippen LogP contribution in [0.5, 0.6) is 11.5 Å². The summed E-state index contributed by atoms with van der Waals surface area (Å²) in [5.41, 5.74) is 6.62. The second-order valence-corrected chi connectivity index (χ2v) is 10.1. The molecule has 0 saturated heterocycles. The first-order valence-corrected chi connectivity index (χ1v) is 13.2. The Balaban J connectivity index is 2.85. The second kappa shape index (κ2) is 17.4. The highest BCUT2D eigenvalue weighted by Crippen LogP contribution is 2.30. The SMILES string of the molecule is CCCOC(=O)OC[C@H](C)OC(=O)[C@@H](N)Cc1ccc(OC(=O)CCC(C)C)c(OC(=O)CCC(C)C)c1. The fraction of sp³-hybridized carbons (Fsp3) is 0.643. The molecule has 0 fully saturated rings. The lowest BCUT2D eigenvalue weighted by atomic mass is 10.1. The van der Waals surface area contributed by atoms with Crippen LogP contribution < -0.4 is 15.2 Å². The molecule has 2 N–H and O–H groups in total. The summed E-state index contributed by atoms with van der Waals surface area (Å²) in [6.45, 7) is 11.5. The van der Waals surface area contributed by atoms with Crippen molar-refractivity contribution in [2.45, 2.75) is 92.2 Å². The van der Waals surface area contributed by atoms with Crippen LogP contribution in [0.3, 0.4) is 0 Å².